The molecule has 0 heterocycles. The van der Waals surface area contributed by atoms with Crippen molar-refractivity contribution >= 4 is 29.3 Å². The number of anilines is 1. The van der Waals surface area contributed by atoms with Crippen molar-refractivity contribution in [1.82, 2.24) is 5.32 Å². The molecule has 0 aliphatic heterocycles. The Balaban J connectivity index is 2.71. The average molecular weight is 285 g/mol. The van der Waals surface area contributed by atoms with Gasteiger partial charge in [0.25, 0.3) is 0 Å². The number of amides is 2. The number of ether oxygens (including phenoxy) is 1. The lowest BCUT2D eigenvalue weighted by molar-refractivity contribution is 0.0526. The van der Waals surface area contributed by atoms with Crippen molar-refractivity contribution in [2.45, 2.75) is 20.3 Å². The molecule has 104 valence electrons. The highest BCUT2D eigenvalue weighted by molar-refractivity contribution is 6.33. The maximum atomic E-state index is 11.5. The first-order valence-electron chi connectivity index (χ1n) is 6.10. The molecule has 2 amide bonds. The molecule has 0 saturated heterocycles. The molecule has 0 aromatic heterocycles. The van der Waals surface area contributed by atoms with Crippen molar-refractivity contribution in [3.05, 3.63) is 28.8 Å². The van der Waals surface area contributed by atoms with Gasteiger partial charge in [0.1, 0.15) is 0 Å². The molecule has 0 bridgehead atoms. The zero-order valence-corrected chi connectivity index (χ0v) is 11.7. The highest BCUT2D eigenvalue weighted by Gasteiger charge is 2.12. The van der Waals surface area contributed by atoms with Gasteiger partial charge in [0, 0.05) is 12.2 Å². The smallest absolute Gasteiger partial charge is 0.339 e. The fourth-order valence-electron chi connectivity index (χ4n) is 1.38. The van der Waals surface area contributed by atoms with Gasteiger partial charge in [-0.2, -0.15) is 0 Å². The van der Waals surface area contributed by atoms with Crippen LogP contribution in [-0.2, 0) is 4.74 Å². The van der Waals surface area contributed by atoms with E-state index in [0.29, 0.717) is 12.2 Å². The fourth-order valence-corrected chi connectivity index (χ4v) is 1.64. The maximum Gasteiger partial charge on any atom is 0.339 e. The summed E-state index contributed by atoms with van der Waals surface area (Å²) in [5.74, 6) is -0.477. The molecule has 0 spiro atoms. The van der Waals surface area contributed by atoms with Gasteiger partial charge in [-0.15, -0.1) is 0 Å². The summed E-state index contributed by atoms with van der Waals surface area (Å²) >= 11 is 5.98. The van der Waals surface area contributed by atoms with Crippen molar-refractivity contribution in [1.29, 1.82) is 0 Å². The van der Waals surface area contributed by atoms with Crippen LogP contribution in [0.1, 0.15) is 30.6 Å². The lowest BCUT2D eigenvalue weighted by Gasteiger charge is -2.09. The molecule has 5 nitrogen and oxygen atoms in total. The lowest BCUT2D eigenvalue weighted by atomic mass is 10.2. The van der Waals surface area contributed by atoms with Gasteiger partial charge in [-0.3, -0.25) is 0 Å². The zero-order valence-electron chi connectivity index (χ0n) is 11.0. The van der Waals surface area contributed by atoms with Crippen LogP contribution < -0.4 is 10.6 Å². The molecule has 1 rings (SSSR count). The SMILES string of the molecule is CCCNC(=O)Nc1ccc(C(=O)OCC)c(Cl)c1. The van der Waals surface area contributed by atoms with Crippen LogP contribution in [0.25, 0.3) is 0 Å². The highest BCUT2D eigenvalue weighted by atomic mass is 35.5. The Morgan fingerprint density at radius 1 is 1.32 bits per heavy atom. The molecule has 1 aromatic carbocycles. The fraction of sp³-hybridized carbons (Fsp3) is 0.385. The number of carbonyl (C=O) groups is 2. The van der Waals surface area contributed by atoms with E-state index >= 15 is 0 Å². The third-order valence-corrected chi connectivity index (χ3v) is 2.57. The molecule has 0 saturated carbocycles. The molecule has 6 heteroatoms. The number of rotatable bonds is 5. The van der Waals surface area contributed by atoms with Gasteiger partial charge in [-0.1, -0.05) is 18.5 Å². The molecule has 0 atom stereocenters. The largest absolute Gasteiger partial charge is 0.462 e. The summed E-state index contributed by atoms with van der Waals surface area (Å²) in [4.78, 5) is 23.0. The van der Waals surface area contributed by atoms with Gasteiger partial charge in [0.2, 0.25) is 0 Å². The first kappa shape index (κ1) is 15.3. The van der Waals surface area contributed by atoms with Crippen LogP contribution >= 0.6 is 11.6 Å². The third-order valence-electron chi connectivity index (χ3n) is 2.26. The molecular formula is C13H17ClN2O3. The van der Waals surface area contributed by atoms with E-state index < -0.39 is 5.97 Å². The minimum absolute atomic E-state index is 0.242. The Bertz CT molecular complexity index is 463. The van der Waals surface area contributed by atoms with E-state index in [0.717, 1.165) is 6.42 Å². The Morgan fingerprint density at radius 3 is 2.63 bits per heavy atom. The second-order valence-corrected chi connectivity index (χ2v) is 4.20. The normalized spacial score (nSPS) is 9.84. The summed E-state index contributed by atoms with van der Waals surface area (Å²) in [5.41, 5.74) is 0.801. The van der Waals surface area contributed by atoms with Crippen LogP contribution in [0.15, 0.2) is 18.2 Å². The first-order valence-corrected chi connectivity index (χ1v) is 6.47. The molecule has 1 aromatic rings. The predicted molar refractivity (Wildman–Crippen MR) is 74.7 cm³/mol. The van der Waals surface area contributed by atoms with Crippen LogP contribution in [0.3, 0.4) is 0 Å². The van der Waals surface area contributed by atoms with E-state index in [9.17, 15) is 9.59 Å². The second kappa shape index (κ2) is 7.63. The maximum absolute atomic E-state index is 11.5. The summed E-state index contributed by atoms with van der Waals surface area (Å²) in [7, 11) is 0. The standard InChI is InChI=1S/C13H17ClN2O3/c1-3-7-15-13(18)16-9-5-6-10(11(14)8-9)12(17)19-4-2/h5-6,8H,3-4,7H2,1-2H3,(H2,15,16,18). The van der Waals surface area contributed by atoms with Gasteiger partial charge in [0.15, 0.2) is 0 Å². The molecule has 0 radical (unpaired) electrons. The number of urea groups is 1. The summed E-state index contributed by atoms with van der Waals surface area (Å²) in [6, 6.07) is 4.33. The second-order valence-electron chi connectivity index (χ2n) is 3.80. The number of esters is 1. The minimum Gasteiger partial charge on any atom is -0.462 e. The monoisotopic (exact) mass is 284 g/mol. The van der Waals surface area contributed by atoms with E-state index in [4.69, 9.17) is 16.3 Å². The summed E-state index contributed by atoms with van der Waals surface area (Å²) in [5, 5.41) is 5.54. The number of halogens is 1. The lowest BCUT2D eigenvalue weighted by Crippen LogP contribution is -2.29. The highest BCUT2D eigenvalue weighted by Crippen LogP contribution is 2.21. The number of nitrogens with one attached hydrogen (secondary N) is 2. The van der Waals surface area contributed by atoms with E-state index in [2.05, 4.69) is 10.6 Å². The molecule has 19 heavy (non-hydrogen) atoms. The Labute approximate surface area is 117 Å². The predicted octanol–water partition coefficient (Wildman–Crippen LogP) is 3.05. The molecular weight excluding hydrogens is 268 g/mol. The van der Waals surface area contributed by atoms with Crippen molar-refractivity contribution in [2.75, 3.05) is 18.5 Å². The summed E-state index contributed by atoms with van der Waals surface area (Å²) in [6.45, 7) is 4.57. The van der Waals surface area contributed by atoms with Crippen LogP contribution in [0.2, 0.25) is 5.02 Å². The molecule has 0 fully saturated rings. The minimum atomic E-state index is -0.477. The van der Waals surface area contributed by atoms with E-state index in [1.165, 1.54) is 12.1 Å². The van der Waals surface area contributed by atoms with Crippen molar-refractivity contribution < 1.29 is 14.3 Å². The van der Waals surface area contributed by atoms with Gasteiger partial charge < -0.3 is 15.4 Å². The zero-order chi connectivity index (χ0) is 14.3. The quantitative estimate of drug-likeness (QED) is 0.817. The van der Waals surface area contributed by atoms with E-state index in [1.54, 1.807) is 13.0 Å². The van der Waals surface area contributed by atoms with Crippen molar-refractivity contribution in [3.8, 4) is 0 Å². The van der Waals surface area contributed by atoms with Crippen LogP contribution in [-0.4, -0.2) is 25.2 Å². The van der Waals surface area contributed by atoms with Gasteiger partial charge in [0.05, 0.1) is 17.2 Å². The molecule has 0 aliphatic carbocycles. The van der Waals surface area contributed by atoms with Crippen molar-refractivity contribution in [3.63, 3.8) is 0 Å². The van der Waals surface area contributed by atoms with Crippen LogP contribution in [0.4, 0.5) is 10.5 Å². The van der Waals surface area contributed by atoms with Crippen molar-refractivity contribution in [2.24, 2.45) is 0 Å². The number of carbonyl (C=O) groups excluding carboxylic acids is 2. The van der Waals surface area contributed by atoms with Crippen LogP contribution in [0.5, 0.6) is 0 Å². The first-order chi connectivity index (χ1) is 9.08. The Kier molecular flexibility index (Phi) is 6.15. The summed E-state index contributed by atoms with van der Waals surface area (Å²) in [6.07, 6.45) is 0.857. The third kappa shape index (κ3) is 4.79. The molecule has 2 N–H and O–H groups in total. The van der Waals surface area contributed by atoms with Gasteiger partial charge in [-0.05, 0) is 31.5 Å². The van der Waals surface area contributed by atoms with Crippen LogP contribution in [0, 0.1) is 0 Å². The van der Waals surface area contributed by atoms with Gasteiger partial charge >= 0.3 is 12.0 Å². The Hall–Kier alpha value is -1.75. The molecule has 0 unspecified atom stereocenters. The topological polar surface area (TPSA) is 67.4 Å². The van der Waals surface area contributed by atoms with E-state index in [-0.39, 0.29) is 23.2 Å². The number of hydrogen-bond acceptors (Lipinski definition) is 3. The Morgan fingerprint density at radius 2 is 2.05 bits per heavy atom. The average Bonchev–Trinajstić information content (AvgIpc) is 2.36. The van der Waals surface area contributed by atoms with E-state index in [1.807, 2.05) is 6.92 Å². The number of benzene rings is 1. The molecule has 0 aliphatic rings. The summed E-state index contributed by atoms with van der Waals surface area (Å²) < 4.78 is 4.86. The number of hydrogen-bond donors (Lipinski definition) is 2. The van der Waals surface area contributed by atoms with Gasteiger partial charge in [-0.25, -0.2) is 9.59 Å².